The van der Waals surface area contributed by atoms with Crippen LogP contribution >= 0.6 is 31.9 Å². The SMILES string of the molecule is Cc1cccc(-c2ccc(O)cc2C(F)(F)F)c1.Cc1cccc(-c2ccc(OCc3ccc(-c4ncc(C(=O)O)[nH]4)cc3)cc2C(F)(F)F)c1.Cc1cccc(-c2ccc(OCc3ccc(-c4ncc(C(F)(F)F)[nH]4)cc3)cc2C(F)(F)F)c1.O=C(C(Br)Br)C(F)(F)F.O=Cc1ccc(CO)cc1.OCc1ccc(-c2ncc(C(F)(F)F)[nH]2)cc1.[Na+].[OH-]. The van der Waals surface area contributed by atoms with Crippen molar-refractivity contribution in [2.75, 3.05) is 0 Å². The molecule has 0 atom stereocenters. The third-order valence-electron chi connectivity index (χ3n) is 16.9. The summed E-state index contributed by atoms with van der Waals surface area (Å²) in [5, 5.41) is 35.6. The summed E-state index contributed by atoms with van der Waals surface area (Å²) >= 11 is 4.85. The third kappa shape index (κ3) is 30.0. The number of aldehydes is 1. The molecule has 13 aromatic rings. The first-order valence-electron chi connectivity index (χ1n) is 35.1. The first kappa shape index (κ1) is 100. The summed E-state index contributed by atoms with van der Waals surface area (Å²) in [6, 6.07) is 58.2. The number of imidazole rings is 3. The Balaban J connectivity index is 0.000000242. The molecule has 642 valence electrons. The fourth-order valence-corrected chi connectivity index (χ4v) is 11.4. The number of phenolic OH excluding ortho intramolecular Hbond substituents is 1. The number of rotatable bonds is 17. The van der Waals surface area contributed by atoms with Crippen molar-refractivity contribution in [1.82, 2.24) is 29.9 Å². The third-order valence-corrected chi connectivity index (χ3v) is 17.7. The van der Waals surface area contributed by atoms with Gasteiger partial charge in [-0.25, -0.2) is 19.7 Å². The second-order valence-electron chi connectivity index (χ2n) is 26.0. The summed E-state index contributed by atoms with van der Waals surface area (Å²) in [6.45, 7) is 5.42. The molecule has 0 spiro atoms. The number of alkyl halides is 20. The zero-order valence-corrected chi connectivity index (χ0v) is 69.4. The van der Waals surface area contributed by atoms with E-state index < -0.39 is 86.4 Å². The number of hydrogen-bond acceptors (Lipinski definition) is 12. The molecule has 10 aromatic carbocycles. The van der Waals surface area contributed by atoms with Gasteiger partial charge in [0.2, 0.25) is 0 Å². The van der Waals surface area contributed by atoms with Crippen molar-refractivity contribution in [1.29, 1.82) is 0 Å². The zero-order valence-electron chi connectivity index (χ0n) is 64.3. The van der Waals surface area contributed by atoms with Crippen LogP contribution in [0.4, 0.5) is 79.0 Å². The van der Waals surface area contributed by atoms with Gasteiger partial charge in [-0.3, -0.25) is 9.59 Å². The molecule has 37 heteroatoms. The number of hydrogen-bond donors (Lipinski definition) is 7. The fourth-order valence-electron chi connectivity index (χ4n) is 10.9. The number of aromatic amines is 3. The fraction of sp³-hybridized carbons (Fsp3) is 0.163. The van der Waals surface area contributed by atoms with Gasteiger partial charge in [0.25, 0.3) is 5.78 Å². The number of carbonyl (C=O) groups is 3. The van der Waals surface area contributed by atoms with Crippen LogP contribution in [0.3, 0.4) is 0 Å². The summed E-state index contributed by atoms with van der Waals surface area (Å²) in [5.41, 5.74) is 5.20. The summed E-state index contributed by atoms with van der Waals surface area (Å²) in [4.78, 5) is 49.6. The van der Waals surface area contributed by atoms with Crippen LogP contribution in [0.5, 0.6) is 17.2 Å². The topological polar surface area (TPSA) is 267 Å². The molecule has 0 unspecified atom stereocenters. The van der Waals surface area contributed by atoms with E-state index in [0.29, 0.717) is 62.1 Å². The summed E-state index contributed by atoms with van der Waals surface area (Å²) in [7, 11) is 0. The van der Waals surface area contributed by atoms with Gasteiger partial charge in [-0.05, 0) is 113 Å². The van der Waals surface area contributed by atoms with E-state index in [9.17, 15) is 98.5 Å². The van der Waals surface area contributed by atoms with Crippen LogP contribution in [-0.2, 0) is 62.1 Å². The van der Waals surface area contributed by atoms with E-state index >= 15 is 0 Å². The first-order valence-corrected chi connectivity index (χ1v) is 36.9. The molecule has 16 nitrogen and oxygen atoms in total. The number of carbonyl (C=O) groups excluding carboxylic acids is 2. The molecule has 0 saturated carbocycles. The second kappa shape index (κ2) is 44.1. The Morgan fingerprint density at radius 3 is 1.02 bits per heavy atom. The van der Waals surface area contributed by atoms with E-state index in [1.54, 1.807) is 165 Å². The maximum Gasteiger partial charge on any atom is 1.00 e. The van der Waals surface area contributed by atoms with Gasteiger partial charge in [0.1, 0.15) is 75.0 Å². The van der Waals surface area contributed by atoms with E-state index in [1.807, 2.05) is 26.0 Å². The second-order valence-corrected chi connectivity index (χ2v) is 29.1. The Bertz CT molecular complexity index is 5620. The van der Waals surface area contributed by atoms with Crippen molar-refractivity contribution < 1.29 is 158 Å². The summed E-state index contributed by atoms with van der Waals surface area (Å²) < 4.78 is 240. The minimum Gasteiger partial charge on any atom is -0.870 e. The summed E-state index contributed by atoms with van der Waals surface area (Å²) in [6.07, 6.45) is -23.8. The molecule has 0 radical (unpaired) electrons. The van der Waals surface area contributed by atoms with E-state index in [2.05, 4.69) is 61.8 Å². The number of ether oxygens (including phenoxy) is 2. The Morgan fingerprint density at radius 2 is 0.740 bits per heavy atom. The van der Waals surface area contributed by atoms with Crippen LogP contribution in [0.15, 0.2) is 243 Å². The Labute approximate surface area is 727 Å². The molecule has 0 amide bonds. The number of ketones is 1. The number of aliphatic hydroxyl groups is 2. The largest absolute Gasteiger partial charge is 1.00 e. The molecule has 3 aromatic heterocycles. The van der Waals surface area contributed by atoms with E-state index in [0.717, 1.165) is 58.5 Å². The number of aryl methyl sites for hydroxylation is 3. The van der Waals surface area contributed by atoms with Gasteiger partial charge in [0, 0.05) is 22.3 Å². The van der Waals surface area contributed by atoms with Crippen LogP contribution in [-0.4, -0.2) is 83.8 Å². The number of aromatic carboxylic acids is 1. The Kier molecular flexibility index (Phi) is 36.0. The molecule has 0 fully saturated rings. The number of nitrogens with one attached hydrogen (secondary N) is 3. The average molecular weight is 1870 g/mol. The standard InChI is InChI=1S/C25H18F6N2O.C25H19F3N2O3.C14H11F3O.C11H9F3N2O.C8H8O2.C3HBr2F3O.Na.H2O/c1-15-3-2-4-18(11-15)20-10-9-19(12-21(20)24(26,27)28)34-14-16-5-7-17(8-6-16)23-32-13-22(33-23)25(29,30)31;1-15-3-2-4-18(11-15)20-10-9-19(12-21(20)25(26,27)28)33-14-16-5-7-17(8-6-16)23-29-13-22(30-23)24(31)32;1-9-3-2-4-10(7-9)12-6-5-11(18)8-13(12)14(15,16)17;12-11(13,14)9-5-15-10(16-9)8-3-1-7(6-17)2-4-8;9-5-7-1-2-8(6-10)4-3-7;4-2(5)1(9)3(6,7)8;;/h2-13H,14H2,1H3,(H,32,33);2-13H,14H2,1H3,(H,29,30)(H,31,32);2-8,18H,1H3;1-5,17H,6H2,(H,15,16);1-5,10H,6H2;2H;;1H2/q;;;;;;+1;/p-1. The van der Waals surface area contributed by atoms with Gasteiger partial charge in [-0.2, -0.15) is 79.0 Å². The Hall–Kier alpha value is -11.4. The normalized spacial score (nSPS) is 11.4. The number of carboxylic acid groups (broad SMARTS) is 1. The molecule has 0 bridgehead atoms. The van der Waals surface area contributed by atoms with Crippen molar-refractivity contribution in [3.63, 3.8) is 0 Å². The minimum atomic E-state index is -4.75. The number of benzene rings is 10. The van der Waals surface area contributed by atoms with Crippen LogP contribution in [0, 0.1) is 20.8 Å². The molecule has 8 N–H and O–H groups in total. The number of nitrogens with zero attached hydrogens (tertiary/aromatic N) is 3. The maximum absolute atomic E-state index is 13.7. The van der Waals surface area contributed by atoms with Crippen LogP contribution in [0.2, 0.25) is 0 Å². The number of H-pyrrole nitrogens is 3. The maximum atomic E-state index is 13.7. The molecule has 0 aliphatic rings. The van der Waals surface area contributed by atoms with E-state index in [1.165, 1.54) is 42.6 Å². The zero-order chi connectivity index (χ0) is 89.0. The number of halogens is 20. The molecule has 0 aliphatic heterocycles. The molecule has 13 rings (SSSR count). The molecule has 123 heavy (non-hydrogen) atoms. The molecular weight excluding hydrogens is 1800 g/mol. The van der Waals surface area contributed by atoms with Gasteiger partial charge in [0.15, 0.2) is 0 Å². The van der Waals surface area contributed by atoms with Crippen molar-refractivity contribution in [2.24, 2.45) is 0 Å². The first-order chi connectivity index (χ1) is 56.8. The van der Waals surface area contributed by atoms with Crippen molar-refractivity contribution in [3.8, 4) is 84.8 Å². The smallest absolute Gasteiger partial charge is 0.870 e. The van der Waals surface area contributed by atoms with Gasteiger partial charge >= 0.3 is 72.6 Å². The van der Waals surface area contributed by atoms with Gasteiger partial charge in [0.05, 0.1) is 48.5 Å². The van der Waals surface area contributed by atoms with Crippen LogP contribution in [0.25, 0.3) is 67.5 Å². The Morgan fingerprint density at radius 1 is 0.415 bits per heavy atom. The van der Waals surface area contributed by atoms with E-state index in [-0.39, 0.29) is 107 Å². The van der Waals surface area contributed by atoms with Crippen LogP contribution in [0.1, 0.15) is 87.9 Å². The van der Waals surface area contributed by atoms with Crippen molar-refractivity contribution in [3.05, 3.63) is 321 Å². The average Bonchev–Trinajstić information content (AvgIpc) is 1.80. The molecule has 3 heterocycles. The number of Topliss-reactive ketones (excluding diaryl/α,β-unsaturated/α-hetero) is 1. The molecular formula is C86H67Br2F18N6NaO10. The quantitative estimate of drug-likeness (QED) is 0.0194. The number of phenols is 1. The monoisotopic (exact) mass is 1870 g/mol. The number of aliphatic hydroxyl groups excluding tert-OH is 2. The molecule has 0 aliphatic carbocycles. The van der Waals surface area contributed by atoms with Crippen LogP contribution < -0.4 is 39.0 Å². The number of carboxylic acids is 1. The van der Waals surface area contributed by atoms with Crippen molar-refractivity contribution >= 4 is 49.9 Å². The van der Waals surface area contributed by atoms with Crippen molar-refractivity contribution in [2.45, 2.75) is 88.0 Å². The number of aromatic hydroxyl groups is 1. The predicted molar refractivity (Wildman–Crippen MR) is 423 cm³/mol. The predicted octanol–water partition coefficient (Wildman–Crippen LogP) is 21.0. The van der Waals surface area contributed by atoms with Gasteiger partial charge < -0.3 is 50.3 Å². The minimum absolute atomic E-state index is 0. The van der Waals surface area contributed by atoms with Gasteiger partial charge in [-0.15, -0.1) is 0 Å². The van der Waals surface area contributed by atoms with Gasteiger partial charge in [-0.1, -0.05) is 237 Å². The summed E-state index contributed by atoms with van der Waals surface area (Å²) in [5.74, 6) is -2.55. The number of aromatic nitrogens is 6. The van der Waals surface area contributed by atoms with E-state index in [4.69, 9.17) is 24.8 Å². The molecule has 0 saturated heterocycles.